The third-order valence-electron chi connectivity index (χ3n) is 4.72. The molecule has 98 valence electrons. The number of aryl methyl sites for hydroxylation is 1. The van der Waals surface area contributed by atoms with Crippen molar-refractivity contribution in [2.24, 2.45) is 0 Å². The largest absolute Gasteiger partial charge is 0.304 e. The summed E-state index contributed by atoms with van der Waals surface area (Å²) in [5, 5.41) is 0. The monoisotopic (exact) mass is 244 g/mol. The van der Waals surface area contributed by atoms with Crippen molar-refractivity contribution >= 4 is 0 Å². The van der Waals surface area contributed by atoms with E-state index in [-0.39, 0.29) is 0 Å². The zero-order chi connectivity index (χ0) is 12.6. The SMILES string of the molecule is Cc1cccc(CN2CCCC23CCN(C)C3)c1. The molecule has 1 aromatic rings. The van der Waals surface area contributed by atoms with E-state index in [1.165, 1.54) is 50.0 Å². The molecule has 1 spiro atoms. The molecule has 0 amide bonds. The third-order valence-corrected chi connectivity index (χ3v) is 4.72. The van der Waals surface area contributed by atoms with Crippen LogP contribution in [0.25, 0.3) is 0 Å². The Morgan fingerprint density at radius 1 is 1.22 bits per heavy atom. The molecule has 0 aromatic heterocycles. The molecular formula is C16H24N2. The molecule has 2 heteroatoms. The van der Waals surface area contributed by atoms with E-state index in [9.17, 15) is 0 Å². The van der Waals surface area contributed by atoms with Crippen LogP contribution in [0.4, 0.5) is 0 Å². The predicted octanol–water partition coefficient (Wildman–Crippen LogP) is 2.67. The standard InChI is InChI=1S/C16H24N2/c1-14-5-3-6-15(11-14)12-18-9-4-7-16(18)8-10-17(2)13-16/h3,5-6,11H,4,7-10,12-13H2,1-2H3. The Bertz CT molecular complexity index is 429. The molecule has 0 N–H and O–H groups in total. The van der Waals surface area contributed by atoms with Gasteiger partial charge in [0.2, 0.25) is 0 Å². The molecule has 1 unspecified atom stereocenters. The quantitative estimate of drug-likeness (QED) is 0.789. The maximum absolute atomic E-state index is 2.74. The molecule has 0 radical (unpaired) electrons. The van der Waals surface area contributed by atoms with Gasteiger partial charge in [0.15, 0.2) is 0 Å². The van der Waals surface area contributed by atoms with Crippen LogP contribution < -0.4 is 0 Å². The van der Waals surface area contributed by atoms with Crippen LogP contribution in [0.1, 0.15) is 30.4 Å². The maximum Gasteiger partial charge on any atom is 0.0352 e. The fourth-order valence-corrected chi connectivity index (χ4v) is 3.79. The van der Waals surface area contributed by atoms with Crippen molar-refractivity contribution in [1.82, 2.24) is 9.80 Å². The Kier molecular flexibility index (Phi) is 3.16. The van der Waals surface area contributed by atoms with Crippen molar-refractivity contribution < 1.29 is 0 Å². The number of nitrogens with zero attached hydrogens (tertiary/aromatic N) is 2. The second-order valence-electron chi connectivity index (χ2n) is 6.23. The first-order valence-corrected chi connectivity index (χ1v) is 7.17. The summed E-state index contributed by atoms with van der Waals surface area (Å²) in [6, 6.07) is 8.99. The van der Waals surface area contributed by atoms with E-state index in [4.69, 9.17) is 0 Å². The first-order valence-electron chi connectivity index (χ1n) is 7.17. The zero-order valence-electron chi connectivity index (χ0n) is 11.7. The van der Waals surface area contributed by atoms with Gasteiger partial charge in [0.1, 0.15) is 0 Å². The highest BCUT2D eigenvalue weighted by Crippen LogP contribution is 2.38. The average molecular weight is 244 g/mol. The van der Waals surface area contributed by atoms with Crippen LogP contribution in [-0.2, 0) is 6.54 Å². The summed E-state index contributed by atoms with van der Waals surface area (Å²) >= 11 is 0. The van der Waals surface area contributed by atoms with Crippen LogP contribution in [0.5, 0.6) is 0 Å². The lowest BCUT2D eigenvalue weighted by molar-refractivity contribution is 0.136. The van der Waals surface area contributed by atoms with E-state index in [2.05, 4.69) is 48.0 Å². The van der Waals surface area contributed by atoms with Crippen LogP contribution in [-0.4, -0.2) is 42.0 Å². The number of rotatable bonds is 2. The number of likely N-dealkylation sites (N-methyl/N-ethyl adjacent to an activating group) is 1. The molecule has 0 aliphatic carbocycles. The maximum atomic E-state index is 2.74. The molecule has 0 saturated carbocycles. The zero-order valence-corrected chi connectivity index (χ0v) is 11.7. The van der Waals surface area contributed by atoms with E-state index in [0.29, 0.717) is 5.54 Å². The van der Waals surface area contributed by atoms with Gasteiger partial charge in [-0.3, -0.25) is 4.90 Å². The normalized spacial score (nSPS) is 29.4. The number of benzene rings is 1. The Hall–Kier alpha value is -0.860. The van der Waals surface area contributed by atoms with E-state index in [1.54, 1.807) is 0 Å². The Morgan fingerprint density at radius 3 is 2.83 bits per heavy atom. The van der Waals surface area contributed by atoms with E-state index < -0.39 is 0 Å². The minimum atomic E-state index is 0.485. The molecule has 1 aromatic carbocycles. The minimum Gasteiger partial charge on any atom is -0.304 e. The molecule has 2 saturated heterocycles. The average Bonchev–Trinajstić information content (AvgIpc) is 2.88. The topological polar surface area (TPSA) is 6.48 Å². The fraction of sp³-hybridized carbons (Fsp3) is 0.625. The molecule has 3 rings (SSSR count). The van der Waals surface area contributed by atoms with Crippen LogP contribution in [0.2, 0.25) is 0 Å². The van der Waals surface area contributed by atoms with Gasteiger partial charge in [0, 0.05) is 18.6 Å². The van der Waals surface area contributed by atoms with E-state index in [1.807, 2.05) is 0 Å². The van der Waals surface area contributed by atoms with Gasteiger partial charge in [0.05, 0.1) is 0 Å². The lowest BCUT2D eigenvalue weighted by atomic mass is 9.94. The molecule has 2 aliphatic heterocycles. The molecule has 2 fully saturated rings. The smallest absolute Gasteiger partial charge is 0.0352 e. The van der Waals surface area contributed by atoms with Crippen molar-refractivity contribution in [2.45, 2.75) is 38.3 Å². The van der Waals surface area contributed by atoms with Crippen molar-refractivity contribution in [2.75, 3.05) is 26.7 Å². The second kappa shape index (κ2) is 4.67. The molecule has 18 heavy (non-hydrogen) atoms. The summed E-state index contributed by atoms with van der Waals surface area (Å²) in [6.45, 7) is 7.13. The summed E-state index contributed by atoms with van der Waals surface area (Å²) in [5.74, 6) is 0. The van der Waals surface area contributed by atoms with Gasteiger partial charge in [-0.1, -0.05) is 29.8 Å². The van der Waals surface area contributed by atoms with Gasteiger partial charge in [-0.25, -0.2) is 0 Å². The minimum absolute atomic E-state index is 0.485. The van der Waals surface area contributed by atoms with Crippen molar-refractivity contribution in [1.29, 1.82) is 0 Å². The van der Waals surface area contributed by atoms with Gasteiger partial charge >= 0.3 is 0 Å². The van der Waals surface area contributed by atoms with Gasteiger partial charge < -0.3 is 4.90 Å². The molecule has 0 bridgehead atoms. The van der Waals surface area contributed by atoms with E-state index in [0.717, 1.165) is 6.54 Å². The van der Waals surface area contributed by atoms with Crippen LogP contribution in [0.15, 0.2) is 24.3 Å². The van der Waals surface area contributed by atoms with Gasteiger partial charge in [-0.05, 0) is 51.9 Å². The molecular weight excluding hydrogens is 220 g/mol. The first-order chi connectivity index (χ1) is 8.68. The summed E-state index contributed by atoms with van der Waals surface area (Å²) in [6.07, 6.45) is 4.12. The van der Waals surface area contributed by atoms with Crippen molar-refractivity contribution in [3.05, 3.63) is 35.4 Å². The summed E-state index contributed by atoms with van der Waals surface area (Å²) in [4.78, 5) is 5.24. The van der Waals surface area contributed by atoms with Gasteiger partial charge in [-0.2, -0.15) is 0 Å². The van der Waals surface area contributed by atoms with E-state index >= 15 is 0 Å². The number of likely N-dealkylation sites (tertiary alicyclic amines) is 2. The highest BCUT2D eigenvalue weighted by atomic mass is 15.3. The Morgan fingerprint density at radius 2 is 2.11 bits per heavy atom. The highest BCUT2D eigenvalue weighted by molar-refractivity contribution is 5.22. The molecule has 1 atom stereocenters. The molecule has 2 nitrogen and oxygen atoms in total. The third kappa shape index (κ3) is 2.19. The fourth-order valence-electron chi connectivity index (χ4n) is 3.79. The lowest BCUT2D eigenvalue weighted by Gasteiger charge is -2.35. The van der Waals surface area contributed by atoms with Crippen molar-refractivity contribution in [3.8, 4) is 0 Å². The van der Waals surface area contributed by atoms with Gasteiger partial charge in [-0.15, -0.1) is 0 Å². The summed E-state index contributed by atoms with van der Waals surface area (Å²) in [5.41, 5.74) is 3.34. The number of hydrogen-bond acceptors (Lipinski definition) is 2. The predicted molar refractivity (Wildman–Crippen MR) is 75.7 cm³/mol. The van der Waals surface area contributed by atoms with Crippen LogP contribution in [0, 0.1) is 6.92 Å². The Balaban J connectivity index is 1.76. The summed E-state index contributed by atoms with van der Waals surface area (Å²) in [7, 11) is 2.26. The Labute approximate surface area is 111 Å². The summed E-state index contributed by atoms with van der Waals surface area (Å²) < 4.78 is 0. The molecule has 2 heterocycles. The number of hydrogen-bond donors (Lipinski definition) is 0. The second-order valence-corrected chi connectivity index (χ2v) is 6.23. The van der Waals surface area contributed by atoms with Crippen LogP contribution >= 0.6 is 0 Å². The lowest BCUT2D eigenvalue weighted by Crippen LogP contribution is -2.45. The molecule has 2 aliphatic rings. The van der Waals surface area contributed by atoms with Crippen LogP contribution in [0.3, 0.4) is 0 Å². The van der Waals surface area contributed by atoms with Gasteiger partial charge in [0.25, 0.3) is 0 Å². The first kappa shape index (κ1) is 12.2. The van der Waals surface area contributed by atoms with Crippen molar-refractivity contribution in [3.63, 3.8) is 0 Å². The highest BCUT2D eigenvalue weighted by Gasteiger charge is 2.44.